The molecule has 118 valence electrons. The molecule has 1 aromatic carbocycles. The van der Waals surface area contributed by atoms with Crippen LogP contribution in [0.1, 0.15) is 55.7 Å². The molecule has 3 N–H and O–H groups in total. The monoisotopic (exact) mass is 304 g/mol. The van der Waals surface area contributed by atoms with Gasteiger partial charge < -0.3 is 0 Å². The molecule has 0 amide bonds. The van der Waals surface area contributed by atoms with Crippen molar-refractivity contribution < 1.29 is 17.6 Å². The fraction of sp³-hybridized carbons (Fsp3) is 0.600. The number of alkyl halides is 3. The Bertz CT molecular complexity index is 465. The quantitative estimate of drug-likeness (QED) is 0.378. The Morgan fingerprint density at radius 3 is 2.24 bits per heavy atom. The van der Waals surface area contributed by atoms with Gasteiger partial charge in [0.15, 0.2) is 0 Å². The highest BCUT2D eigenvalue weighted by Gasteiger charge is 2.35. The first-order chi connectivity index (χ1) is 9.93. The number of halogens is 4. The molecule has 0 radical (unpaired) electrons. The predicted octanol–water partition coefficient (Wildman–Crippen LogP) is 4.32. The van der Waals surface area contributed by atoms with Crippen LogP contribution in [0.25, 0.3) is 0 Å². The summed E-state index contributed by atoms with van der Waals surface area (Å²) >= 11 is 0. The summed E-state index contributed by atoms with van der Waals surface area (Å²) in [5.74, 6) is 4.50. The zero-order chi connectivity index (χ0) is 15.5. The van der Waals surface area contributed by atoms with E-state index in [9.17, 15) is 17.6 Å². The van der Waals surface area contributed by atoms with Crippen LogP contribution in [-0.4, -0.2) is 0 Å². The van der Waals surface area contributed by atoms with E-state index in [-0.39, 0.29) is 12.0 Å². The Balaban J connectivity index is 2.29. The molecular formula is C15H20F4N2. The van der Waals surface area contributed by atoms with Crippen LogP contribution < -0.4 is 11.3 Å². The van der Waals surface area contributed by atoms with Gasteiger partial charge in [-0.2, -0.15) is 13.2 Å². The van der Waals surface area contributed by atoms with E-state index in [1.165, 1.54) is 6.07 Å². The number of nitrogens with two attached hydrogens (primary N) is 1. The molecule has 2 rings (SSSR count). The van der Waals surface area contributed by atoms with Gasteiger partial charge in [0, 0.05) is 6.04 Å². The highest BCUT2D eigenvalue weighted by Crippen LogP contribution is 2.37. The van der Waals surface area contributed by atoms with Crippen molar-refractivity contribution in [2.75, 3.05) is 0 Å². The van der Waals surface area contributed by atoms with Crippen molar-refractivity contribution in [3.63, 3.8) is 0 Å². The minimum atomic E-state index is -4.69. The summed E-state index contributed by atoms with van der Waals surface area (Å²) in [6, 6.07) is 2.77. The molecule has 0 aromatic heterocycles. The highest BCUT2D eigenvalue weighted by atomic mass is 19.4. The molecule has 0 spiro atoms. The summed E-state index contributed by atoms with van der Waals surface area (Å²) < 4.78 is 51.8. The van der Waals surface area contributed by atoms with E-state index in [1.807, 2.05) is 0 Å². The number of benzene rings is 1. The van der Waals surface area contributed by atoms with Crippen LogP contribution in [0.4, 0.5) is 17.6 Å². The third-order valence-corrected chi connectivity index (χ3v) is 4.21. The van der Waals surface area contributed by atoms with Crippen molar-refractivity contribution >= 4 is 0 Å². The molecule has 0 saturated heterocycles. The lowest BCUT2D eigenvalue weighted by Gasteiger charge is -2.26. The van der Waals surface area contributed by atoms with Gasteiger partial charge in [0.25, 0.3) is 0 Å². The molecule has 1 fully saturated rings. The zero-order valence-corrected chi connectivity index (χ0v) is 11.7. The minimum Gasteiger partial charge on any atom is -0.271 e. The van der Waals surface area contributed by atoms with Crippen molar-refractivity contribution in [2.24, 2.45) is 11.8 Å². The van der Waals surface area contributed by atoms with E-state index >= 15 is 0 Å². The molecule has 1 aliphatic rings. The molecule has 1 saturated carbocycles. The summed E-state index contributed by atoms with van der Waals surface area (Å²) in [5, 5.41) is 0. The van der Waals surface area contributed by atoms with Gasteiger partial charge in [-0.15, -0.1) is 0 Å². The van der Waals surface area contributed by atoms with Crippen LogP contribution in [0, 0.1) is 11.7 Å². The van der Waals surface area contributed by atoms with Crippen molar-refractivity contribution in [1.29, 1.82) is 0 Å². The van der Waals surface area contributed by atoms with E-state index in [4.69, 9.17) is 5.84 Å². The molecule has 0 heterocycles. The van der Waals surface area contributed by atoms with Gasteiger partial charge in [0.2, 0.25) is 0 Å². The predicted molar refractivity (Wildman–Crippen MR) is 72.7 cm³/mol. The molecule has 1 aromatic rings. The second-order valence-corrected chi connectivity index (χ2v) is 5.63. The third-order valence-electron chi connectivity index (χ3n) is 4.21. The van der Waals surface area contributed by atoms with Crippen molar-refractivity contribution in [1.82, 2.24) is 5.43 Å². The number of nitrogens with one attached hydrogen (secondary N) is 1. The second-order valence-electron chi connectivity index (χ2n) is 5.63. The van der Waals surface area contributed by atoms with Gasteiger partial charge in [-0.3, -0.25) is 11.3 Å². The molecule has 6 heteroatoms. The Morgan fingerprint density at radius 1 is 1.10 bits per heavy atom. The summed E-state index contributed by atoms with van der Waals surface area (Å²) in [6.45, 7) is 0. The average Bonchev–Trinajstić information content (AvgIpc) is 2.69. The van der Waals surface area contributed by atoms with Crippen LogP contribution >= 0.6 is 0 Å². The SMILES string of the molecule is NNC(c1ccc(F)c(C(F)(F)F)c1)C1CCCCCC1. The Morgan fingerprint density at radius 2 is 1.71 bits per heavy atom. The van der Waals surface area contributed by atoms with Crippen molar-refractivity contribution in [2.45, 2.75) is 50.7 Å². The molecule has 0 aliphatic heterocycles. The van der Waals surface area contributed by atoms with Crippen molar-refractivity contribution in [3.05, 3.63) is 35.1 Å². The van der Waals surface area contributed by atoms with Gasteiger partial charge in [0.1, 0.15) is 5.82 Å². The van der Waals surface area contributed by atoms with Crippen LogP contribution in [-0.2, 0) is 6.18 Å². The van der Waals surface area contributed by atoms with Gasteiger partial charge in [0.05, 0.1) is 5.56 Å². The topological polar surface area (TPSA) is 38.0 Å². The first kappa shape index (κ1) is 16.2. The largest absolute Gasteiger partial charge is 0.419 e. The Hall–Kier alpha value is -1.14. The smallest absolute Gasteiger partial charge is 0.271 e. The first-order valence-corrected chi connectivity index (χ1v) is 7.26. The van der Waals surface area contributed by atoms with Gasteiger partial charge in [-0.1, -0.05) is 31.7 Å². The van der Waals surface area contributed by atoms with Crippen molar-refractivity contribution in [3.8, 4) is 0 Å². The lowest BCUT2D eigenvalue weighted by Crippen LogP contribution is -2.33. The summed E-state index contributed by atoms with van der Waals surface area (Å²) in [4.78, 5) is 0. The zero-order valence-electron chi connectivity index (χ0n) is 11.7. The molecule has 2 nitrogen and oxygen atoms in total. The van der Waals surface area contributed by atoms with Crippen LogP contribution in [0.2, 0.25) is 0 Å². The lowest BCUT2D eigenvalue weighted by molar-refractivity contribution is -0.140. The van der Waals surface area contributed by atoms with Gasteiger partial charge in [-0.25, -0.2) is 4.39 Å². The lowest BCUT2D eigenvalue weighted by atomic mass is 9.87. The second kappa shape index (κ2) is 6.75. The maximum absolute atomic E-state index is 13.4. The third kappa shape index (κ3) is 3.95. The maximum Gasteiger partial charge on any atom is 0.419 e. The molecular weight excluding hydrogens is 284 g/mol. The fourth-order valence-corrected chi connectivity index (χ4v) is 3.10. The normalized spacial score (nSPS) is 19.3. The fourth-order valence-electron chi connectivity index (χ4n) is 3.10. The van der Waals surface area contributed by atoms with E-state index < -0.39 is 17.6 Å². The molecule has 21 heavy (non-hydrogen) atoms. The summed E-state index contributed by atoms with van der Waals surface area (Å²) in [6.07, 6.45) is 1.55. The summed E-state index contributed by atoms with van der Waals surface area (Å²) in [7, 11) is 0. The van der Waals surface area contributed by atoms with E-state index in [2.05, 4.69) is 5.43 Å². The number of hydrazine groups is 1. The standard InChI is InChI=1S/C15H20F4N2/c16-13-8-7-11(9-12(13)15(17,18)19)14(21-20)10-5-3-1-2-4-6-10/h7-10,14,21H,1-6,20H2. The van der Waals surface area contributed by atoms with E-state index in [1.54, 1.807) is 0 Å². The first-order valence-electron chi connectivity index (χ1n) is 7.26. The number of rotatable bonds is 3. The van der Waals surface area contributed by atoms with Gasteiger partial charge >= 0.3 is 6.18 Å². The number of hydrogen-bond donors (Lipinski definition) is 2. The van der Waals surface area contributed by atoms with Crippen LogP contribution in [0.5, 0.6) is 0 Å². The minimum absolute atomic E-state index is 0.184. The Labute approximate surface area is 121 Å². The molecule has 0 bridgehead atoms. The van der Waals surface area contributed by atoms with E-state index in [0.717, 1.165) is 50.7 Å². The maximum atomic E-state index is 13.4. The van der Waals surface area contributed by atoms with E-state index in [0.29, 0.717) is 5.56 Å². The highest BCUT2D eigenvalue weighted by molar-refractivity contribution is 5.30. The van der Waals surface area contributed by atoms with Crippen LogP contribution in [0.3, 0.4) is 0 Å². The molecule has 1 atom stereocenters. The number of hydrogen-bond acceptors (Lipinski definition) is 2. The average molecular weight is 304 g/mol. The van der Waals surface area contributed by atoms with Crippen LogP contribution in [0.15, 0.2) is 18.2 Å². The van der Waals surface area contributed by atoms with Gasteiger partial charge in [-0.05, 0) is 36.5 Å². The Kier molecular flexibility index (Phi) is 5.22. The molecule has 1 aliphatic carbocycles. The summed E-state index contributed by atoms with van der Waals surface area (Å²) in [5.41, 5.74) is 1.80. The molecule has 1 unspecified atom stereocenters.